The molecule has 0 fully saturated rings. The van der Waals surface area contributed by atoms with E-state index in [1.165, 1.54) is 0 Å². The predicted octanol–water partition coefficient (Wildman–Crippen LogP) is 2.06. The van der Waals surface area contributed by atoms with Gasteiger partial charge in [0.2, 0.25) is 0 Å². The molecule has 1 amide bonds. The van der Waals surface area contributed by atoms with Crippen molar-refractivity contribution in [3.05, 3.63) is 24.0 Å². The number of alkyl halides is 3. The molecule has 0 aromatic heterocycles. The van der Waals surface area contributed by atoms with Gasteiger partial charge >= 0.3 is 12.1 Å². The van der Waals surface area contributed by atoms with Crippen molar-refractivity contribution >= 4 is 11.6 Å². The molecule has 0 aliphatic carbocycles. The Morgan fingerprint density at radius 1 is 1.38 bits per heavy atom. The highest BCUT2D eigenvalue weighted by Gasteiger charge is 2.42. The van der Waals surface area contributed by atoms with Crippen LogP contribution in [0.4, 0.5) is 23.2 Å². The largest absolute Gasteiger partial charge is 0.508 e. The van der Waals surface area contributed by atoms with Gasteiger partial charge in [0.1, 0.15) is 11.6 Å². The summed E-state index contributed by atoms with van der Waals surface area (Å²) in [6.45, 7) is 0. The molecule has 0 aliphatic rings. The van der Waals surface area contributed by atoms with E-state index in [1.807, 2.05) is 0 Å². The van der Waals surface area contributed by atoms with Crippen molar-refractivity contribution in [3.63, 3.8) is 0 Å². The van der Waals surface area contributed by atoms with Crippen LogP contribution in [-0.2, 0) is 4.79 Å². The number of amides is 1. The van der Waals surface area contributed by atoms with E-state index in [1.54, 1.807) is 0 Å². The van der Waals surface area contributed by atoms with Gasteiger partial charge in [0.15, 0.2) is 0 Å². The molecule has 16 heavy (non-hydrogen) atoms. The number of anilines is 1. The zero-order valence-corrected chi connectivity index (χ0v) is 8.05. The normalized spacial score (nSPS) is 11.3. The minimum absolute atomic E-state index is 0.0923. The summed E-state index contributed by atoms with van der Waals surface area (Å²) in [6, 6.07) is 2.47. The molecule has 1 rings (SSSR count). The summed E-state index contributed by atoms with van der Waals surface area (Å²) >= 11 is 0. The van der Waals surface area contributed by atoms with Crippen LogP contribution in [0.5, 0.6) is 5.75 Å². The van der Waals surface area contributed by atoms with Crippen molar-refractivity contribution in [1.82, 2.24) is 0 Å². The van der Waals surface area contributed by atoms with Gasteiger partial charge in [-0.05, 0) is 12.1 Å². The van der Waals surface area contributed by atoms with Crippen molar-refractivity contribution in [2.45, 2.75) is 6.18 Å². The number of phenols is 1. The van der Waals surface area contributed by atoms with Crippen LogP contribution >= 0.6 is 0 Å². The molecule has 88 valence electrons. The number of phenolic OH excluding ortho intramolecular Hbond substituents is 1. The zero-order chi connectivity index (χ0) is 12.5. The van der Waals surface area contributed by atoms with Gasteiger partial charge in [-0.2, -0.15) is 13.2 Å². The molecule has 1 aromatic carbocycles. The quantitative estimate of drug-likeness (QED) is 0.759. The standard InChI is InChI=1S/C9H7F4NO2/c1-14(8(16)9(11,12)13)7-4-5(15)2-3-6(7)10/h2-4,15H,1H3. The molecule has 0 bridgehead atoms. The molecule has 0 spiro atoms. The summed E-state index contributed by atoms with van der Waals surface area (Å²) < 4.78 is 49.2. The van der Waals surface area contributed by atoms with E-state index in [-0.39, 0.29) is 4.90 Å². The molecule has 0 aliphatic heterocycles. The van der Waals surface area contributed by atoms with Crippen LogP contribution in [0.3, 0.4) is 0 Å². The Morgan fingerprint density at radius 3 is 2.44 bits per heavy atom. The summed E-state index contributed by atoms with van der Waals surface area (Å²) in [4.78, 5) is 10.9. The minimum atomic E-state index is -5.09. The summed E-state index contributed by atoms with van der Waals surface area (Å²) in [6.07, 6.45) is -5.09. The van der Waals surface area contributed by atoms with E-state index in [2.05, 4.69) is 0 Å². The first-order valence-corrected chi connectivity index (χ1v) is 4.07. The summed E-state index contributed by atoms with van der Waals surface area (Å²) in [7, 11) is 0.772. The van der Waals surface area contributed by atoms with Crippen LogP contribution in [0.1, 0.15) is 0 Å². The average Bonchev–Trinajstić information content (AvgIpc) is 2.18. The number of carbonyl (C=O) groups is 1. The van der Waals surface area contributed by atoms with Crippen LogP contribution in [-0.4, -0.2) is 24.2 Å². The maximum Gasteiger partial charge on any atom is 0.471 e. The lowest BCUT2D eigenvalue weighted by Crippen LogP contribution is -2.38. The molecule has 7 heteroatoms. The molecule has 0 saturated heterocycles. The number of hydrogen-bond donors (Lipinski definition) is 1. The van der Waals surface area contributed by atoms with E-state index in [0.29, 0.717) is 0 Å². The number of hydrogen-bond acceptors (Lipinski definition) is 2. The molecule has 0 radical (unpaired) electrons. The van der Waals surface area contributed by atoms with Crippen molar-refractivity contribution < 1.29 is 27.5 Å². The number of benzene rings is 1. The topological polar surface area (TPSA) is 40.5 Å². The number of aromatic hydroxyl groups is 1. The predicted molar refractivity (Wildman–Crippen MR) is 47.5 cm³/mol. The summed E-state index contributed by atoms with van der Waals surface area (Å²) in [5.41, 5.74) is -0.637. The summed E-state index contributed by atoms with van der Waals surface area (Å²) in [5, 5.41) is 8.99. The minimum Gasteiger partial charge on any atom is -0.508 e. The van der Waals surface area contributed by atoms with Gasteiger partial charge in [-0.3, -0.25) is 4.79 Å². The van der Waals surface area contributed by atoms with Crippen LogP contribution in [0, 0.1) is 5.82 Å². The van der Waals surface area contributed by atoms with Crippen molar-refractivity contribution in [2.24, 2.45) is 0 Å². The Hall–Kier alpha value is -1.79. The Balaban J connectivity index is 3.10. The Labute approximate surface area is 87.9 Å². The molecule has 1 aromatic rings. The first-order chi connectivity index (χ1) is 7.23. The highest BCUT2D eigenvalue weighted by atomic mass is 19.4. The van der Waals surface area contributed by atoms with E-state index >= 15 is 0 Å². The third-order valence-corrected chi connectivity index (χ3v) is 1.84. The van der Waals surface area contributed by atoms with Gasteiger partial charge in [0.05, 0.1) is 5.69 Å². The second kappa shape index (κ2) is 3.99. The fourth-order valence-corrected chi connectivity index (χ4v) is 1.06. The van der Waals surface area contributed by atoms with Crippen LogP contribution in [0.15, 0.2) is 18.2 Å². The molecule has 0 atom stereocenters. The second-order valence-electron chi connectivity index (χ2n) is 3.00. The van der Waals surface area contributed by atoms with E-state index in [4.69, 9.17) is 5.11 Å². The number of carbonyl (C=O) groups excluding carboxylic acids is 1. The number of rotatable bonds is 1. The highest BCUT2D eigenvalue weighted by molar-refractivity contribution is 5.97. The molecular formula is C9H7F4NO2. The van der Waals surface area contributed by atoms with Gasteiger partial charge in [0.25, 0.3) is 0 Å². The van der Waals surface area contributed by atoms with Crippen LogP contribution in [0.2, 0.25) is 0 Å². The monoisotopic (exact) mass is 237 g/mol. The number of halogens is 4. The molecule has 0 heterocycles. The Bertz CT molecular complexity index is 416. The van der Waals surface area contributed by atoms with Gasteiger partial charge in [-0.25, -0.2) is 4.39 Å². The molecule has 0 saturated carbocycles. The maximum atomic E-state index is 13.1. The second-order valence-corrected chi connectivity index (χ2v) is 3.00. The lowest BCUT2D eigenvalue weighted by atomic mass is 10.2. The van der Waals surface area contributed by atoms with E-state index < -0.39 is 29.3 Å². The zero-order valence-electron chi connectivity index (χ0n) is 8.05. The summed E-state index contributed by atoms with van der Waals surface area (Å²) in [5.74, 6) is -3.67. The first kappa shape index (κ1) is 12.3. The number of nitrogens with zero attached hydrogens (tertiary/aromatic N) is 1. The van der Waals surface area contributed by atoms with E-state index in [9.17, 15) is 22.4 Å². The van der Waals surface area contributed by atoms with Crippen LogP contribution in [0.25, 0.3) is 0 Å². The highest BCUT2D eigenvalue weighted by Crippen LogP contribution is 2.27. The third-order valence-electron chi connectivity index (χ3n) is 1.84. The smallest absolute Gasteiger partial charge is 0.471 e. The average molecular weight is 237 g/mol. The lowest BCUT2D eigenvalue weighted by molar-refractivity contribution is -0.170. The van der Waals surface area contributed by atoms with Crippen molar-refractivity contribution in [2.75, 3.05) is 11.9 Å². The fourth-order valence-electron chi connectivity index (χ4n) is 1.06. The Morgan fingerprint density at radius 2 is 1.94 bits per heavy atom. The van der Waals surface area contributed by atoms with Crippen molar-refractivity contribution in [1.29, 1.82) is 0 Å². The van der Waals surface area contributed by atoms with Gasteiger partial charge in [-0.1, -0.05) is 0 Å². The molecular weight excluding hydrogens is 230 g/mol. The SMILES string of the molecule is CN(C(=O)C(F)(F)F)c1cc(O)ccc1F. The third kappa shape index (κ3) is 2.41. The van der Waals surface area contributed by atoms with Gasteiger partial charge in [-0.15, -0.1) is 0 Å². The first-order valence-electron chi connectivity index (χ1n) is 4.07. The maximum absolute atomic E-state index is 13.1. The van der Waals surface area contributed by atoms with Gasteiger partial charge in [0, 0.05) is 13.1 Å². The van der Waals surface area contributed by atoms with Crippen molar-refractivity contribution in [3.8, 4) is 5.75 Å². The Kier molecular flexibility index (Phi) is 3.06. The lowest BCUT2D eigenvalue weighted by Gasteiger charge is -2.19. The molecule has 1 N–H and O–H groups in total. The van der Waals surface area contributed by atoms with Crippen LogP contribution < -0.4 is 4.90 Å². The molecule has 3 nitrogen and oxygen atoms in total. The molecule has 0 unspecified atom stereocenters. The van der Waals surface area contributed by atoms with Gasteiger partial charge < -0.3 is 10.0 Å². The fraction of sp³-hybridized carbons (Fsp3) is 0.222. The van der Waals surface area contributed by atoms with E-state index in [0.717, 1.165) is 25.2 Å².